The predicted octanol–water partition coefficient (Wildman–Crippen LogP) is 3.56. The molecule has 1 saturated heterocycles. The van der Waals surface area contributed by atoms with Gasteiger partial charge in [0, 0.05) is 87.7 Å². The number of Topliss-reactive ketones (excluding diaryl/α,β-unsaturated/α-hetero) is 1. The second-order valence-corrected chi connectivity index (χ2v) is 15.6. The van der Waals surface area contributed by atoms with E-state index >= 15 is 0 Å². The minimum absolute atomic E-state index is 0.000721. The lowest BCUT2D eigenvalue weighted by Crippen LogP contribution is -2.59. The van der Waals surface area contributed by atoms with Crippen LogP contribution in [0, 0.1) is 0 Å². The van der Waals surface area contributed by atoms with E-state index in [1.165, 1.54) is 38.6 Å². The number of rotatable bonds is 12. The number of nitrogens with zero attached hydrogens (tertiary/aromatic N) is 6. The molecule has 0 spiro atoms. The van der Waals surface area contributed by atoms with E-state index in [0.29, 0.717) is 49.2 Å². The third-order valence-electron chi connectivity index (χ3n) is 8.41. The first-order valence-electron chi connectivity index (χ1n) is 16.4. The van der Waals surface area contributed by atoms with Crippen LogP contribution in [0.25, 0.3) is 32.6 Å². The second kappa shape index (κ2) is 15.8. The predicted molar refractivity (Wildman–Crippen MR) is 194 cm³/mol. The molecule has 4 aromatic rings. The number of fused-ring (bicyclic) bond motifs is 1. The zero-order chi connectivity index (χ0) is 38.0. The summed E-state index contributed by atoms with van der Waals surface area (Å²) in [5.74, 6) is -0.607. The Kier molecular flexibility index (Phi) is 11.8. The third kappa shape index (κ3) is 8.34. The quantitative estimate of drug-likeness (QED) is 0.183. The summed E-state index contributed by atoms with van der Waals surface area (Å²) in [6, 6.07) is 4.58. The van der Waals surface area contributed by atoms with Crippen LogP contribution < -0.4 is 21.4 Å². The van der Waals surface area contributed by atoms with Crippen molar-refractivity contribution in [3.8, 4) is 21.7 Å². The molecule has 0 bridgehead atoms. The first-order valence-corrected chi connectivity index (χ1v) is 18.6. The van der Waals surface area contributed by atoms with Crippen LogP contribution in [0.4, 0.5) is 23.8 Å². The highest BCUT2D eigenvalue weighted by molar-refractivity contribution is 7.86. The van der Waals surface area contributed by atoms with Gasteiger partial charge in [0.25, 0.3) is 10.2 Å². The second-order valence-electron chi connectivity index (χ2n) is 12.6. The van der Waals surface area contributed by atoms with Crippen LogP contribution in [-0.2, 0) is 22.9 Å². The van der Waals surface area contributed by atoms with Gasteiger partial charge < -0.3 is 20.1 Å². The SMILES string of the molecule is CCCNC(=O)Nc1cc(-c2nc(C(F)(F)F)cs2)c(-c2ccc3c(c2)c(=O)c(C(=O)C2CNCCN2S(=O)(=O)N(C)C)cn3CCN(C)C)cn1. The number of halogens is 3. The number of nitrogens with one attached hydrogen (secondary N) is 3. The maximum atomic E-state index is 14.3. The van der Waals surface area contributed by atoms with E-state index in [4.69, 9.17) is 0 Å². The molecule has 1 aliphatic heterocycles. The van der Waals surface area contributed by atoms with Gasteiger partial charge in [-0.3, -0.25) is 14.9 Å². The van der Waals surface area contributed by atoms with Crippen LogP contribution in [0.5, 0.6) is 0 Å². The Labute approximate surface area is 302 Å². The number of aromatic nitrogens is 3. The van der Waals surface area contributed by atoms with Gasteiger partial charge in [-0.1, -0.05) is 13.0 Å². The molecule has 280 valence electrons. The normalized spacial score (nSPS) is 15.8. The number of piperazine rings is 1. The third-order valence-corrected chi connectivity index (χ3v) is 11.2. The summed E-state index contributed by atoms with van der Waals surface area (Å²) in [5, 5.41) is 9.32. The maximum absolute atomic E-state index is 14.3. The monoisotopic (exact) mass is 763 g/mol. The minimum Gasteiger partial charge on any atom is -0.345 e. The molecule has 1 atom stereocenters. The van der Waals surface area contributed by atoms with Gasteiger partial charge in [0.1, 0.15) is 16.9 Å². The van der Waals surface area contributed by atoms with Gasteiger partial charge in [-0.15, -0.1) is 11.3 Å². The number of carbonyl (C=O) groups excluding carboxylic acids is 2. The van der Waals surface area contributed by atoms with Gasteiger partial charge in [0.2, 0.25) is 0 Å². The number of pyridine rings is 2. The Balaban J connectivity index is 1.67. The highest BCUT2D eigenvalue weighted by atomic mass is 32.2. The molecule has 1 aliphatic rings. The van der Waals surface area contributed by atoms with Crippen molar-refractivity contribution in [3.05, 3.63) is 63.5 Å². The molecule has 2 amide bonds. The summed E-state index contributed by atoms with van der Waals surface area (Å²) in [7, 11) is 2.47. The average molecular weight is 764 g/mol. The molecule has 1 unspecified atom stereocenters. The number of anilines is 1. The van der Waals surface area contributed by atoms with Crippen molar-refractivity contribution in [3.63, 3.8) is 0 Å². The number of alkyl halides is 3. The molecule has 52 heavy (non-hydrogen) atoms. The topological polar surface area (TPSA) is 162 Å². The molecule has 0 radical (unpaired) electrons. The highest BCUT2D eigenvalue weighted by Crippen LogP contribution is 2.39. The Hall–Kier alpha value is -4.27. The van der Waals surface area contributed by atoms with Crippen LogP contribution in [0.1, 0.15) is 29.4 Å². The van der Waals surface area contributed by atoms with E-state index in [1.54, 1.807) is 16.7 Å². The Morgan fingerprint density at radius 3 is 2.54 bits per heavy atom. The molecule has 4 heterocycles. The summed E-state index contributed by atoms with van der Waals surface area (Å²) < 4.78 is 71.1. The van der Waals surface area contributed by atoms with Crippen molar-refractivity contribution in [2.45, 2.75) is 32.1 Å². The molecule has 3 N–H and O–H groups in total. The number of benzene rings is 1. The van der Waals surface area contributed by atoms with Crippen LogP contribution in [-0.4, -0.2) is 115 Å². The Morgan fingerprint density at radius 1 is 1.13 bits per heavy atom. The summed E-state index contributed by atoms with van der Waals surface area (Å²) in [6.07, 6.45) is -1.18. The zero-order valence-electron chi connectivity index (χ0n) is 29.2. The highest BCUT2D eigenvalue weighted by Gasteiger charge is 2.39. The molecule has 0 aliphatic carbocycles. The van der Waals surface area contributed by atoms with Gasteiger partial charge in [-0.05, 0) is 44.3 Å². The number of likely N-dealkylation sites (N-methyl/N-ethyl adjacent to an activating group) is 1. The van der Waals surface area contributed by atoms with Crippen molar-refractivity contribution in [1.82, 2.24) is 38.7 Å². The zero-order valence-corrected chi connectivity index (χ0v) is 30.9. The molecular weight excluding hydrogens is 724 g/mol. The molecule has 5 rings (SSSR count). The van der Waals surface area contributed by atoms with Gasteiger partial charge in [-0.2, -0.15) is 30.2 Å². The standard InChI is InChI=1S/C33H40F3N9O5S2/c1-6-9-38-32(48)41-28-15-21(31-40-27(19-51-31)33(34,35)36)23(16-39-28)20-7-8-25-22(14-20)29(46)24(18-44(25)13-12-42(2)3)30(47)26-17-37-10-11-45(26)52(49,50)43(4)5/h7-8,14-16,18-19,26,37H,6,9-13,17H2,1-5H3,(H2,38,39,41,48). The average Bonchev–Trinajstić information content (AvgIpc) is 3.61. The van der Waals surface area contributed by atoms with E-state index in [2.05, 4.69) is 25.9 Å². The number of hydrogen-bond donors (Lipinski definition) is 3. The Morgan fingerprint density at radius 2 is 1.88 bits per heavy atom. The molecule has 3 aromatic heterocycles. The molecule has 14 nitrogen and oxygen atoms in total. The van der Waals surface area contributed by atoms with E-state index in [1.807, 2.05) is 25.9 Å². The first kappa shape index (κ1) is 38.9. The number of carbonyl (C=O) groups is 2. The fraction of sp³-hybridized carbons (Fsp3) is 0.424. The van der Waals surface area contributed by atoms with Crippen molar-refractivity contribution in [2.75, 3.05) is 66.2 Å². The fourth-order valence-corrected chi connectivity index (χ4v) is 7.76. The molecule has 19 heteroatoms. The number of urea groups is 1. The number of ketones is 1. The smallest absolute Gasteiger partial charge is 0.345 e. The molecule has 0 saturated carbocycles. The lowest BCUT2D eigenvalue weighted by Gasteiger charge is -2.35. The molecular formula is C33H40F3N9O5S2. The number of hydrogen-bond acceptors (Lipinski definition) is 10. The number of thiazole rings is 1. The lowest BCUT2D eigenvalue weighted by atomic mass is 9.97. The summed E-state index contributed by atoms with van der Waals surface area (Å²) in [4.78, 5) is 50.9. The Bertz CT molecular complexity index is 2140. The molecule has 1 aromatic carbocycles. The van der Waals surface area contributed by atoms with Crippen LogP contribution in [0.15, 0.2) is 46.8 Å². The van der Waals surface area contributed by atoms with E-state index in [9.17, 15) is 36.0 Å². The minimum atomic E-state index is -4.69. The summed E-state index contributed by atoms with van der Waals surface area (Å²) in [5.41, 5.74) is -0.512. The van der Waals surface area contributed by atoms with Crippen LogP contribution in [0.3, 0.4) is 0 Å². The maximum Gasteiger partial charge on any atom is 0.434 e. The van der Waals surface area contributed by atoms with E-state index in [-0.39, 0.29) is 40.4 Å². The first-order chi connectivity index (χ1) is 24.5. The molecule has 1 fully saturated rings. The lowest BCUT2D eigenvalue weighted by molar-refractivity contribution is -0.140. The van der Waals surface area contributed by atoms with Crippen molar-refractivity contribution in [2.24, 2.45) is 0 Å². The van der Waals surface area contributed by atoms with Crippen LogP contribution in [0.2, 0.25) is 0 Å². The summed E-state index contributed by atoms with van der Waals surface area (Å²) in [6.45, 7) is 3.54. The van der Waals surface area contributed by atoms with Gasteiger partial charge in [-0.25, -0.2) is 14.8 Å². The number of amides is 2. The van der Waals surface area contributed by atoms with Crippen molar-refractivity contribution >= 4 is 50.1 Å². The van der Waals surface area contributed by atoms with Gasteiger partial charge in [0.15, 0.2) is 16.9 Å². The van der Waals surface area contributed by atoms with Gasteiger partial charge in [0.05, 0.1) is 11.1 Å². The van der Waals surface area contributed by atoms with Crippen molar-refractivity contribution < 1.29 is 31.2 Å². The van der Waals surface area contributed by atoms with E-state index < -0.39 is 45.4 Å². The largest absolute Gasteiger partial charge is 0.434 e. The van der Waals surface area contributed by atoms with E-state index in [0.717, 1.165) is 25.3 Å². The summed E-state index contributed by atoms with van der Waals surface area (Å²) >= 11 is 0.759. The van der Waals surface area contributed by atoms with Crippen LogP contribution >= 0.6 is 11.3 Å². The fourth-order valence-electron chi connectivity index (χ4n) is 5.67. The van der Waals surface area contributed by atoms with Crippen molar-refractivity contribution in [1.29, 1.82) is 0 Å². The van der Waals surface area contributed by atoms with Gasteiger partial charge >= 0.3 is 12.2 Å².